The number of nitrogens with two attached hydrogens (primary N) is 1. The average Bonchev–Trinajstić information content (AvgIpc) is 2.58. The Morgan fingerprint density at radius 3 is 2.35 bits per heavy atom. The van der Waals surface area contributed by atoms with Crippen molar-refractivity contribution in [1.29, 1.82) is 0 Å². The first-order valence-corrected chi connectivity index (χ1v) is 6.05. The van der Waals surface area contributed by atoms with Gasteiger partial charge in [0, 0.05) is 24.0 Å². The van der Waals surface area contributed by atoms with E-state index in [9.17, 15) is 0 Å². The highest BCUT2D eigenvalue weighted by Crippen LogP contribution is 2.21. The van der Waals surface area contributed by atoms with Crippen LogP contribution in [-0.4, -0.2) is 4.57 Å². The summed E-state index contributed by atoms with van der Waals surface area (Å²) in [6, 6.07) is 12.8. The minimum atomic E-state index is 0.103. The first kappa shape index (κ1) is 11.9. The number of hydrogen-bond acceptors (Lipinski definition) is 1. The number of nitrogens with zero attached hydrogens (tertiary/aromatic N) is 1. The SMILES string of the molecule is Cc1cc(C(C)N)c(C)n1Cc1ccccc1. The van der Waals surface area contributed by atoms with Gasteiger partial charge < -0.3 is 10.3 Å². The molecule has 2 rings (SSSR count). The van der Waals surface area contributed by atoms with Gasteiger partial charge in [0.15, 0.2) is 0 Å². The molecule has 1 heterocycles. The Kier molecular flexibility index (Phi) is 3.34. The third kappa shape index (κ3) is 2.42. The van der Waals surface area contributed by atoms with Gasteiger partial charge in [0.1, 0.15) is 0 Å². The second-order valence-corrected chi connectivity index (χ2v) is 4.69. The Labute approximate surface area is 103 Å². The number of benzene rings is 1. The van der Waals surface area contributed by atoms with E-state index in [1.165, 1.54) is 22.5 Å². The molecule has 2 heteroatoms. The summed E-state index contributed by atoms with van der Waals surface area (Å²) in [6.45, 7) is 7.25. The molecule has 2 N–H and O–H groups in total. The van der Waals surface area contributed by atoms with Crippen molar-refractivity contribution in [2.24, 2.45) is 5.73 Å². The maximum Gasteiger partial charge on any atom is 0.0475 e. The van der Waals surface area contributed by atoms with Crippen LogP contribution in [0.5, 0.6) is 0 Å². The molecule has 2 aromatic rings. The van der Waals surface area contributed by atoms with Crippen LogP contribution in [0.4, 0.5) is 0 Å². The van der Waals surface area contributed by atoms with Gasteiger partial charge in [-0.15, -0.1) is 0 Å². The normalized spacial score (nSPS) is 12.7. The highest BCUT2D eigenvalue weighted by Gasteiger charge is 2.11. The molecule has 1 aromatic carbocycles. The fourth-order valence-corrected chi connectivity index (χ4v) is 2.30. The predicted octanol–water partition coefficient (Wildman–Crippen LogP) is 3.17. The molecule has 0 aliphatic carbocycles. The molecule has 1 atom stereocenters. The van der Waals surface area contributed by atoms with Gasteiger partial charge >= 0.3 is 0 Å². The second-order valence-electron chi connectivity index (χ2n) is 4.69. The highest BCUT2D eigenvalue weighted by molar-refractivity contribution is 5.30. The maximum atomic E-state index is 5.98. The maximum absolute atomic E-state index is 5.98. The van der Waals surface area contributed by atoms with Gasteiger partial charge in [-0.1, -0.05) is 30.3 Å². The van der Waals surface area contributed by atoms with Gasteiger partial charge in [0.2, 0.25) is 0 Å². The molecule has 0 bridgehead atoms. The fourth-order valence-electron chi connectivity index (χ4n) is 2.30. The van der Waals surface area contributed by atoms with E-state index in [-0.39, 0.29) is 6.04 Å². The zero-order chi connectivity index (χ0) is 12.4. The molecule has 90 valence electrons. The first-order valence-electron chi connectivity index (χ1n) is 6.05. The Bertz CT molecular complexity index is 495. The van der Waals surface area contributed by atoms with Crippen LogP contribution in [0, 0.1) is 13.8 Å². The van der Waals surface area contributed by atoms with E-state index in [1.54, 1.807) is 0 Å². The molecule has 1 aromatic heterocycles. The van der Waals surface area contributed by atoms with E-state index in [2.05, 4.69) is 48.7 Å². The number of hydrogen-bond donors (Lipinski definition) is 1. The lowest BCUT2D eigenvalue weighted by Gasteiger charge is -2.11. The van der Waals surface area contributed by atoms with Crippen LogP contribution in [0.2, 0.25) is 0 Å². The fraction of sp³-hybridized carbons (Fsp3) is 0.333. The molecule has 0 fully saturated rings. The molecule has 2 nitrogen and oxygen atoms in total. The quantitative estimate of drug-likeness (QED) is 0.859. The van der Waals surface area contributed by atoms with Crippen LogP contribution in [-0.2, 0) is 6.54 Å². The molecule has 1 unspecified atom stereocenters. The van der Waals surface area contributed by atoms with Crippen molar-refractivity contribution in [3.63, 3.8) is 0 Å². The predicted molar refractivity (Wildman–Crippen MR) is 72.1 cm³/mol. The number of rotatable bonds is 3. The van der Waals surface area contributed by atoms with E-state index >= 15 is 0 Å². The average molecular weight is 228 g/mol. The molecule has 0 amide bonds. The van der Waals surface area contributed by atoms with Crippen molar-refractivity contribution in [3.8, 4) is 0 Å². The summed E-state index contributed by atoms with van der Waals surface area (Å²) in [5.74, 6) is 0. The molecule has 0 aliphatic heterocycles. The second kappa shape index (κ2) is 4.76. The third-order valence-corrected chi connectivity index (χ3v) is 3.29. The van der Waals surface area contributed by atoms with Gasteiger partial charge in [0.05, 0.1) is 0 Å². The van der Waals surface area contributed by atoms with Crippen LogP contribution >= 0.6 is 0 Å². The van der Waals surface area contributed by atoms with E-state index in [0.29, 0.717) is 0 Å². The van der Waals surface area contributed by atoms with Crippen LogP contribution < -0.4 is 5.73 Å². The van der Waals surface area contributed by atoms with Crippen molar-refractivity contribution < 1.29 is 0 Å². The lowest BCUT2D eigenvalue weighted by atomic mass is 10.1. The summed E-state index contributed by atoms with van der Waals surface area (Å²) in [4.78, 5) is 0. The van der Waals surface area contributed by atoms with Crippen molar-refractivity contribution in [2.45, 2.75) is 33.4 Å². The summed E-state index contributed by atoms with van der Waals surface area (Å²) >= 11 is 0. The van der Waals surface area contributed by atoms with Gasteiger partial charge in [0.25, 0.3) is 0 Å². The Hall–Kier alpha value is -1.54. The van der Waals surface area contributed by atoms with Crippen molar-refractivity contribution >= 4 is 0 Å². The Morgan fingerprint density at radius 1 is 1.18 bits per heavy atom. The zero-order valence-corrected chi connectivity index (χ0v) is 10.8. The molecular formula is C15H20N2. The molecule has 0 radical (unpaired) electrons. The molecule has 0 spiro atoms. The first-order chi connectivity index (χ1) is 8.09. The smallest absolute Gasteiger partial charge is 0.0475 e. The largest absolute Gasteiger partial charge is 0.344 e. The summed E-state index contributed by atoms with van der Waals surface area (Å²) in [5.41, 5.74) is 11.1. The monoisotopic (exact) mass is 228 g/mol. The number of aryl methyl sites for hydroxylation is 1. The van der Waals surface area contributed by atoms with Gasteiger partial charge in [-0.2, -0.15) is 0 Å². The van der Waals surface area contributed by atoms with E-state index < -0.39 is 0 Å². The molecule has 17 heavy (non-hydrogen) atoms. The molecule has 0 aliphatic rings. The standard InChI is InChI=1S/C15H20N2/c1-11-9-15(12(2)16)13(3)17(11)10-14-7-5-4-6-8-14/h4-9,12H,10,16H2,1-3H3. The minimum Gasteiger partial charge on any atom is -0.344 e. The lowest BCUT2D eigenvalue weighted by molar-refractivity contribution is 0.730. The summed E-state index contributed by atoms with van der Waals surface area (Å²) in [6.07, 6.45) is 0. The molecule has 0 saturated carbocycles. The van der Waals surface area contributed by atoms with Gasteiger partial charge in [-0.25, -0.2) is 0 Å². The summed E-state index contributed by atoms with van der Waals surface area (Å²) < 4.78 is 2.33. The zero-order valence-electron chi connectivity index (χ0n) is 10.8. The van der Waals surface area contributed by atoms with E-state index in [4.69, 9.17) is 5.73 Å². The van der Waals surface area contributed by atoms with Crippen LogP contribution in [0.3, 0.4) is 0 Å². The van der Waals surface area contributed by atoms with Gasteiger partial charge in [-0.05, 0) is 38.0 Å². The van der Waals surface area contributed by atoms with Crippen LogP contribution in [0.1, 0.15) is 35.5 Å². The number of aromatic nitrogens is 1. The molecular weight excluding hydrogens is 208 g/mol. The van der Waals surface area contributed by atoms with Crippen molar-refractivity contribution in [1.82, 2.24) is 4.57 Å². The third-order valence-electron chi connectivity index (χ3n) is 3.29. The summed E-state index contributed by atoms with van der Waals surface area (Å²) in [5, 5.41) is 0. The van der Waals surface area contributed by atoms with Crippen LogP contribution in [0.25, 0.3) is 0 Å². The van der Waals surface area contributed by atoms with E-state index in [0.717, 1.165) is 6.54 Å². The van der Waals surface area contributed by atoms with Gasteiger partial charge in [-0.3, -0.25) is 0 Å². The molecule has 0 saturated heterocycles. The Morgan fingerprint density at radius 2 is 1.82 bits per heavy atom. The highest BCUT2D eigenvalue weighted by atomic mass is 15.0. The van der Waals surface area contributed by atoms with E-state index in [1.807, 2.05) is 13.0 Å². The minimum absolute atomic E-state index is 0.103. The van der Waals surface area contributed by atoms with Crippen LogP contribution in [0.15, 0.2) is 36.4 Å². The summed E-state index contributed by atoms with van der Waals surface area (Å²) in [7, 11) is 0. The topological polar surface area (TPSA) is 30.9 Å². The van der Waals surface area contributed by atoms with Crippen molar-refractivity contribution in [3.05, 3.63) is 58.9 Å². The lowest BCUT2D eigenvalue weighted by Crippen LogP contribution is -2.08. The Balaban J connectivity index is 2.34. The van der Waals surface area contributed by atoms with Crippen molar-refractivity contribution in [2.75, 3.05) is 0 Å².